The zero-order chi connectivity index (χ0) is 20.2. The number of aromatic nitrogens is 3. The SMILES string of the molecule is CC[C@]1(C)Cc2nc3sc4c(=O)n(Cc5ccccc5F)cnc4c3cc2CO1. The molecule has 1 aliphatic rings. The van der Waals surface area contributed by atoms with Gasteiger partial charge in [0.2, 0.25) is 0 Å². The Morgan fingerprint density at radius 2 is 2.17 bits per heavy atom. The second-order valence-corrected chi connectivity index (χ2v) is 8.76. The van der Waals surface area contributed by atoms with Crippen molar-refractivity contribution in [3.63, 3.8) is 0 Å². The van der Waals surface area contributed by atoms with Gasteiger partial charge in [0.05, 0.1) is 36.3 Å². The number of fused-ring (bicyclic) bond motifs is 4. The van der Waals surface area contributed by atoms with Gasteiger partial charge < -0.3 is 4.74 Å². The summed E-state index contributed by atoms with van der Waals surface area (Å²) >= 11 is 1.36. The lowest BCUT2D eigenvalue weighted by atomic mass is 9.91. The maximum absolute atomic E-state index is 14.0. The molecule has 0 saturated heterocycles. The fourth-order valence-electron chi connectivity index (χ4n) is 3.76. The molecule has 5 nitrogen and oxygen atoms in total. The molecular weight excluding hydrogens is 389 g/mol. The highest BCUT2D eigenvalue weighted by Gasteiger charge is 2.31. The van der Waals surface area contributed by atoms with Gasteiger partial charge in [-0.05, 0) is 25.5 Å². The van der Waals surface area contributed by atoms with E-state index in [9.17, 15) is 9.18 Å². The van der Waals surface area contributed by atoms with E-state index in [2.05, 4.69) is 24.9 Å². The summed E-state index contributed by atoms with van der Waals surface area (Å²) < 4.78 is 22.0. The van der Waals surface area contributed by atoms with Crippen molar-refractivity contribution in [2.24, 2.45) is 0 Å². The molecule has 1 aliphatic heterocycles. The van der Waals surface area contributed by atoms with Crippen molar-refractivity contribution in [3.05, 3.63) is 69.7 Å². The van der Waals surface area contributed by atoms with E-state index < -0.39 is 0 Å². The third kappa shape index (κ3) is 3.05. The molecule has 0 fully saturated rings. The standard InChI is InChI=1S/C22H20FN3O2S/c1-3-22(2)9-17-14(11-28-22)8-15-18-19(29-20(15)25-17)21(27)26(12-24-18)10-13-6-4-5-7-16(13)23/h4-8,12H,3,9-11H2,1-2H3/t22-/m1/s1. The number of hydrogen-bond donors (Lipinski definition) is 0. The average molecular weight is 409 g/mol. The van der Waals surface area contributed by atoms with Crippen molar-refractivity contribution >= 4 is 31.8 Å². The second-order valence-electron chi connectivity index (χ2n) is 7.76. The Labute approximate surface area is 170 Å². The van der Waals surface area contributed by atoms with Gasteiger partial charge in [-0.3, -0.25) is 9.36 Å². The van der Waals surface area contributed by atoms with E-state index in [-0.39, 0.29) is 23.5 Å². The van der Waals surface area contributed by atoms with E-state index in [1.165, 1.54) is 28.3 Å². The number of thiophene rings is 1. The lowest BCUT2D eigenvalue weighted by Gasteiger charge is -2.33. The maximum Gasteiger partial charge on any atom is 0.271 e. The molecule has 1 aromatic carbocycles. The molecule has 29 heavy (non-hydrogen) atoms. The van der Waals surface area contributed by atoms with Crippen LogP contribution in [0.2, 0.25) is 0 Å². The summed E-state index contributed by atoms with van der Waals surface area (Å²) in [6, 6.07) is 8.52. The van der Waals surface area contributed by atoms with Crippen LogP contribution in [0.25, 0.3) is 20.4 Å². The third-order valence-corrected chi connectivity index (χ3v) is 6.85. The van der Waals surface area contributed by atoms with Gasteiger partial charge >= 0.3 is 0 Å². The molecule has 148 valence electrons. The van der Waals surface area contributed by atoms with Gasteiger partial charge in [-0.15, -0.1) is 11.3 Å². The summed E-state index contributed by atoms with van der Waals surface area (Å²) in [6.45, 7) is 4.89. The molecular formula is C22H20FN3O2S. The number of nitrogens with zero attached hydrogens (tertiary/aromatic N) is 3. The van der Waals surface area contributed by atoms with Gasteiger partial charge in [-0.25, -0.2) is 14.4 Å². The zero-order valence-corrected chi connectivity index (χ0v) is 17.1. The lowest BCUT2D eigenvalue weighted by Crippen LogP contribution is -2.35. The van der Waals surface area contributed by atoms with Gasteiger partial charge in [0.25, 0.3) is 5.56 Å². The van der Waals surface area contributed by atoms with Crippen LogP contribution >= 0.6 is 11.3 Å². The quantitative estimate of drug-likeness (QED) is 0.502. The van der Waals surface area contributed by atoms with E-state index in [4.69, 9.17) is 9.72 Å². The van der Waals surface area contributed by atoms with Crippen LogP contribution in [0.15, 0.2) is 41.5 Å². The topological polar surface area (TPSA) is 57.0 Å². The van der Waals surface area contributed by atoms with E-state index in [1.807, 2.05) is 0 Å². The van der Waals surface area contributed by atoms with Crippen LogP contribution in [-0.4, -0.2) is 20.1 Å². The normalized spacial score (nSPS) is 19.0. The average Bonchev–Trinajstić information content (AvgIpc) is 3.08. The monoisotopic (exact) mass is 409 g/mol. The van der Waals surface area contributed by atoms with Crippen molar-refractivity contribution in [2.45, 2.75) is 45.4 Å². The highest BCUT2D eigenvalue weighted by Crippen LogP contribution is 2.35. The maximum atomic E-state index is 14.0. The Balaban J connectivity index is 1.62. The molecule has 0 radical (unpaired) electrons. The van der Waals surface area contributed by atoms with E-state index in [1.54, 1.807) is 18.2 Å². The number of halogens is 1. The van der Waals surface area contributed by atoms with Crippen LogP contribution in [0, 0.1) is 5.82 Å². The summed E-state index contributed by atoms with van der Waals surface area (Å²) in [4.78, 5) is 23.2. The predicted octanol–water partition coefficient (Wildman–Crippen LogP) is 4.44. The Morgan fingerprint density at radius 1 is 1.34 bits per heavy atom. The summed E-state index contributed by atoms with van der Waals surface area (Å²) in [5.74, 6) is -0.329. The van der Waals surface area contributed by atoms with E-state index in [0.29, 0.717) is 22.4 Å². The molecule has 0 saturated carbocycles. The molecule has 3 aromatic heterocycles. The molecule has 0 aliphatic carbocycles. The van der Waals surface area contributed by atoms with E-state index in [0.717, 1.165) is 34.3 Å². The third-order valence-electron chi connectivity index (χ3n) is 5.77. The van der Waals surface area contributed by atoms with Gasteiger partial charge in [0, 0.05) is 22.9 Å². The van der Waals surface area contributed by atoms with Crippen molar-refractivity contribution in [1.82, 2.24) is 14.5 Å². The Morgan fingerprint density at radius 3 is 2.97 bits per heavy atom. The number of benzene rings is 1. The predicted molar refractivity (Wildman–Crippen MR) is 112 cm³/mol. The Kier molecular flexibility index (Phi) is 4.26. The van der Waals surface area contributed by atoms with Crippen molar-refractivity contribution in [1.29, 1.82) is 0 Å². The summed E-state index contributed by atoms with van der Waals surface area (Å²) in [5.41, 5.74) is 2.83. The Bertz CT molecular complexity index is 1310. The zero-order valence-electron chi connectivity index (χ0n) is 16.2. The molecule has 1 atom stereocenters. The second kappa shape index (κ2) is 6.71. The van der Waals surface area contributed by atoms with Crippen molar-refractivity contribution in [2.75, 3.05) is 0 Å². The first kappa shape index (κ1) is 18.4. The van der Waals surface area contributed by atoms with Crippen LogP contribution in [0.4, 0.5) is 4.39 Å². The van der Waals surface area contributed by atoms with Crippen LogP contribution in [-0.2, 0) is 24.3 Å². The van der Waals surface area contributed by atoms with Crippen molar-refractivity contribution in [3.8, 4) is 0 Å². The van der Waals surface area contributed by atoms with Crippen LogP contribution in [0.3, 0.4) is 0 Å². The van der Waals surface area contributed by atoms with Crippen LogP contribution in [0.1, 0.15) is 37.1 Å². The number of rotatable bonds is 3. The van der Waals surface area contributed by atoms with Gasteiger partial charge in [0.15, 0.2) is 0 Å². The molecule has 0 spiro atoms. The molecule has 0 N–H and O–H groups in total. The lowest BCUT2D eigenvalue weighted by molar-refractivity contribution is -0.0573. The van der Waals surface area contributed by atoms with Gasteiger partial charge in [-0.2, -0.15) is 0 Å². The molecule has 0 unspecified atom stereocenters. The fourth-order valence-corrected chi connectivity index (χ4v) is 4.84. The first-order valence-electron chi connectivity index (χ1n) is 9.65. The fraction of sp³-hybridized carbons (Fsp3) is 0.318. The number of pyridine rings is 1. The molecule has 0 bridgehead atoms. The van der Waals surface area contributed by atoms with E-state index >= 15 is 0 Å². The minimum atomic E-state index is -0.329. The van der Waals surface area contributed by atoms with Crippen molar-refractivity contribution < 1.29 is 9.13 Å². The van der Waals surface area contributed by atoms with Crippen LogP contribution < -0.4 is 5.56 Å². The Hall–Kier alpha value is -2.64. The minimum absolute atomic E-state index is 0.148. The molecule has 4 aromatic rings. The largest absolute Gasteiger partial charge is 0.370 e. The summed E-state index contributed by atoms with van der Waals surface area (Å²) in [5, 5.41) is 0.877. The van der Waals surface area contributed by atoms with Gasteiger partial charge in [-0.1, -0.05) is 25.1 Å². The van der Waals surface area contributed by atoms with Crippen LogP contribution in [0.5, 0.6) is 0 Å². The van der Waals surface area contributed by atoms with Gasteiger partial charge in [0.1, 0.15) is 15.3 Å². The highest BCUT2D eigenvalue weighted by molar-refractivity contribution is 7.25. The summed E-state index contributed by atoms with van der Waals surface area (Å²) in [7, 11) is 0. The number of ether oxygens (including phenoxy) is 1. The first-order valence-corrected chi connectivity index (χ1v) is 10.5. The summed E-state index contributed by atoms with van der Waals surface area (Å²) in [6.07, 6.45) is 3.17. The minimum Gasteiger partial charge on any atom is -0.370 e. The highest BCUT2D eigenvalue weighted by atomic mass is 32.1. The molecule has 0 amide bonds. The molecule has 5 rings (SSSR count). The molecule has 4 heterocycles. The smallest absolute Gasteiger partial charge is 0.271 e. The number of hydrogen-bond acceptors (Lipinski definition) is 5. The molecule has 7 heteroatoms. The first-order chi connectivity index (χ1) is 14.0.